The number of sulfonamides is 1. The number of hydrogen-bond acceptors (Lipinski definition) is 5. The highest BCUT2D eigenvalue weighted by Gasteiger charge is 2.30. The number of aromatic amines is 1. The van der Waals surface area contributed by atoms with Crippen LogP contribution in [0.25, 0.3) is 0 Å². The Morgan fingerprint density at radius 1 is 1.22 bits per heavy atom. The minimum atomic E-state index is -3.56. The van der Waals surface area contributed by atoms with Crippen molar-refractivity contribution in [3.05, 3.63) is 35.6 Å². The second-order valence-corrected chi connectivity index (χ2v) is 8.79. The van der Waals surface area contributed by atoms with E-state index in [-0.39, 0.29) is 16.2 Å². The van der Waals surface area contributed by atoms with Gasteiger partial charge in [0.2, 0.25) is 10.0 Å². The van der Waals surface area contributed by atoms with Crippen LogP contribution in [0, 0.1) is 0 Å². The zero-order valence-corrected chi connectivity index (χ0v) is 14.7. The van der Waals surface area contributed by atoms with E-state index in [1.54, 1.807) is 23.9 Å². The Labute approximate surface area is 144 Å². The number of benzene rings is 1. The van der Waals surface area contributed by atoms with Gasteiger partial charge in [0.05, 0.1) is 4.90 Å². The van der Waals surface area contributed by atoms with E-state index in [2.05, 4.69) is 19.9 Å². The van der Waals surface area contributed by atoms with Gasteiger partial charge in [-0.15, -0.1) is 0 Å². The molecule has 2 N–H and O–H groups in total. The van der Waals surface area contributed by atoms with Crippen LogP contribution in [-0.4, -0.2) is 34.9 Å². The van der Waals surface area contributed by atoms with E-state index in [0.29, 0.717) is 10.2 Å². The van der Waals surface area contributed by atoms with Crippen LogP contribution in [0.4, 0.5) is 0 Å². The monoisotopic (exact) mass is 372 g/mol. The first-order chi connectivity index (χ1) is 11.0. The molecule has 1 aromatic heterocycles. The smallest absolute Gasteiger partial charge is 0.240 e. The summed E-state index contributed by atoms with van der Waals surface area (Å²) in [5.41, 5.74) is 0. The van der Waals surface area contributed by atoms with Crippen molar-refractivity contribution in [2.24, 2.45) is 0 Å². The van der Waals surface area contributed by atoms with Gasteiger partial charge in [-0.1, -0.05) is 36.2 Å². The lowest BCUT2D eigenvalue weighted by Crippen LogP contribution is -2.43. The van der Waals surface area contributed by atoms with Gasteiger partial charge in [-0.05, 0) is 37.1 Å². The predicted molar refractivity (Wildman–Crippen MR) is 90.1 cm³/mol. The molecule has 0 radical (unpaired) electrons. The van der Waals surface area contributed by atoms with Crippen molar-refractivity contribution in [1.29, 1.82) is 0 Å². The van der Waals surface area contributed by atoms with Gasteiger partial charge in [0, 0.05) is 16.3 Å². The Morgan fingerprint density at radius 3 is 2.65 bits per heavy atom. The van der Waals surface area contributed by atoms with Crippen molar-refractivity contribution in [2.75, 3.05) is 0 Å². The van der Waals surface area contributed by atoms with E-state index < -0.39 is 10.0 Å². The standard InChI is InChI=1S/C14H17ClN4O2S2/c15-10-5-7-11(8-6-10)23(20,21)19-12-3-1-2-4-13(12)22-14-16-9-17-18-14/h5-9,12-13,19H,1-4H2,(H,16,17,18)/t12-,13-/m1/s1. The highest BCUT2D eigenvalue weighted by atomic mass is 35.5. The van der Waals surface area contributed by atoms with Crippen LogP contribution in [0.1, 0.15) is 25.7 Å². The minimum Gasteiger partial charge on any atom is -0.254 e. The molecule has 124 valence electrons. The molecular formula is C14H17ClN4O2S2. The fraction of sp³-hybridized carbons (Fsp3) is 0.429. The maximum Gasteiger partial charge on any atom is 0.240 e. The van der Waals surface area contributed by atoms with Crippen molar-refractivity contribution in [2.45, 2.75) is 47.0 Å². The molecule has 1 heterocycles. The molecule has 0 unspecified atom stereocenters. The molecule has 23 heavy (non-hydrogen) atoms. The molecular weight excluding hydrogens is 356 g/mol. The topological polar surface area (TPSA) is 87.7 Å². The van der Waals surface area contributed by atoms with Gasteiger partial charge in [-0.2, -0.15) is 5.10 Å². The first kappa shape index (κ1) is 16.8. The highest BCUT2D eigenvalue weighted by molar-refractivity contribution is 7.99. The van der Waals surface area contributed by atoms with Gasteiger partial charge in [0.1, 0.15) is 6.33 Å². The van der Waals surface area contributed by atoms with Gasteiger partial charge in [0.15, 0.2) is 5.16 Å². The SMILES string of the molecule is O=S(=O)(N[C@@H]1CCCC[C@H]1Sc1ncn[nH]1)c1ccc(Cl)cc1. The van der Waals surface area contributed by atoms with Crippen molar-refractivity contribution in [3.63, 3.8) is 0 Å². The van der Waals surface area contributed by atoms with Crippen molar-refractivity contribution in [3.8, 4) is 0 Å². The van der Waals surface area contributed by atoms with Crippen LogP contribution in [0.5, 0.6) is 0 Å². The predicted octanol–water partition coefficient (Wildman–Crippen LogP) is 2.84. The molecule has 0 spiro atoms. The second kappa shape index (κ2) is 7.21. The van der Waals surface area contributed by atoms with Crippen LogP contribution in [0.3, 0.4) is 0 Å². The number of nitrogens with one attached hydrogen (secondary N) is 2. The summed E-state index contributed by atoms with van der Waals surface area (Å²) in [7, 11) is -3.56. The number of halogens is 1. The summed E-state index contributed by atoms with van der Waals surface area (Å²) in [6.07, 6.45) is 5.32. The summed E-state index contributed by atoms with van der Waals surface area (Å²) in [5.74, 6) is 0. The van der Waals surface area contributed by atoms with Crippen molar-refractivity contribution in [1.82, 2.24) is 19.9 Å². The molecule has 0 aliphatic heterocycles. The molecule has 1 aromatic carbocycles. The molecule has 0 bridgehead atoms. The fourth-order valence-electron chi connectivity index (χ4n) is 2.65. The third-order valence-electron chi connectivity index (χ3n) is 3.79. The summed E-state index contributed by atoms with van der Waals surface area (Å²) < 4.78 is 28.0. The van der Waals surface area contributed by atoms with E-state index in [4.69, 9.17) is 11.6 Å². The Kier molecular flexibility index (Phi) is 5.25. The Hall–Kier alpha value is -1.09. The third kappa shape index (κ3) is 4.26. The molecule has 1 aliphatic carbocycles. The van der Waals surface area contributed by atoms with Gasteiger partial charge in [0.25, 0.3) is 0 Å². The molecule has 2 atom stereocenters. The summed E-state index contributed by atoms with van der Waals surface area (Å²) in [6.45, 7) is 0. The molecule has 9 heteroatoms. The number of aromatic nitrogens is 3. The maximum absolute atomic E-state index is 12.6. The number of hydrogen-bond donors (Lipinski definition) is 2. The normalized spacial score (nSPS) is 22.1. The van der Waals surface area contributed by atoms with Crippen LogP contribution in [0.15, 0.2) is 40.6 Å². The number of rotatable bonds is 5. The molecule has 1 aliphatic rings. The quantitative estimate of drug-likeness (QED) is 0.842. The number of thioether (sulfide) groups is 1. The van der Waals surface area contributed by atoms with Crippen LogP contribution < -0.4 is 4.72 Å². The molecule has 1 saturated carbocycles. The van der Waals surface area contributed by atoms with Crippen LogP contribution in [0.2, 0.25) is 5.02 Å². The van der Waals surface area contributed by atoms with Gasteiger partial charge >= 0.3 is 0 Å². The highest BCUT2D eigenvalue weighted by Crippen LogP contribution is 2.32. The largest absolute Gasteiger partial charge is 0.254 e. The summed E-state index contributed by atoms with van der Waals surface area (Å²) in [4.78, 5) is 4.35. The van der Waals surface area contributed by atoms with Gasteiger partial charge in [-0.25, -0.2) is 18.1 Å². The molecule has 0 saturated heterocycles. The minimum absolute atomic E-state index is 0.125. The Morgan fingerprint density at radius 2 is 1.96 bits per heavy atom. The maximum atomic E-state index is 12.6. The lowest BCUT2D eigenvalue weighted by atomic mass is 9.96. The first-order valence-electron chi connectivity index (χ1n) is 7.34. The van der Waals surface area contributed by atoms with E-state index >= 15 is 0 Å². The van der Waals surface area contributed by atoms with Gasteiger partial charge < -0.3 is 0 Å². The number of nitrogens with zero attached hydrogens (tertiary/aromatic N) is 2. The second-order valence-electron chi connectivity index (χ2n) is 5.41. The van der Waals surface area contributed by atoms with E-state index in [9.17, 15) is 8.42 Å². The zero-order valence-electron chi connectivity index (χ0n) is 12.3. The van der Waals surface area contributed by atoms with Crippen LogP contribution >= 0.6 is 23.4 Å². The zero-order chi connectivity index (χ0) is 16.3. The van der Waals surface area contributed by atoms with E-state index in [1.807, 2.05) is 0 Å². The molecule has 0 amide bonds. The average Bonchev–Trinajstić information content (AvgIpc) is 3.02. The number of H-pyrrole nitrogens is 1. The fourth-order valence-corrected chi connectivity index (χ4v) is 5.32. The lowest BCUT2D eigenvalue weighted by molar-refractivity contribution is 0.422. The average molecular weight is 373 g/mol. The molecule has 3 rings (SSSR count). The summed E-state index contributed by atoms with van der Waals surface area (Å²) >= 11 is 7.36. The van der Waals surface area contributed by atoms with Crippen LogP contribution in [-0.2, 0) is 10.0 Å². The van der Waals surface area contributed by atoms with E-state index in [1.165, 1.54) is 18.5 Å². The third-order valence-corrected chi connectivity index (χ3v) is 6.83. The van der Waals surface area contributed by atoms with Crippen molar-refractivity contribution < 1.29 is 8.42 Å². The van der Waals surface area contributed by atoms with Gasteiger partial charge in [-0.3, -0.25) is 5.10 Å². The molecule has 6 nitrogen and oxygen atoms in total. The Balaban J connectivity index is 1.74. The molecule has 1 fully saturated rings. The Bertz CT molecular complexity index is 735. The summed E-state index contributed by atoms with van der Waals surface area (Å²) in [6, 6.07) is 6.08. The first-order valence-corrected chi connectivity index (χ1v) is 10.1. The molecule has 2 aromatic rings. The summed E-state index contributed by atoms with van der Waals surface area (Å²) in [5, 5.41) is 8.02. The lowest BCUT2D eigenvalue weighted by Gasteiger charge is -2.30. The van der Waals surface area contributed by atoms with Crippen molar-refractivity contribution >= 4 is 33.4 Å². The van der Waals surface area contributed by atoms with E-state index in [0.717, 1.165) is 25.7 Å².